The van der Waals surface area contributed by atoms with E-state index < -0.39 is 0 Å². The van der Waals surface area contributed by atoms with Crippen LogP contribution in [0.25, 0.3) is 0 Å². The fourth-order valence-corrected chi connectivity index (χ4v) is 3.55. The maximum atomic E-state index is 6.20. The zero-order chi connectivity index (χ0) is 9.64. The van der Waals surface area contributed by atoms with Gasteiger partial charge in [0.05, 0.1) is 0 Å². The van der Waals surface area contributed by atoms with Crippen LogP contribution >= 0.6 is 27.3 Å². The van der Waals surface area contributed by atoms with Crippen molar-refractivity contribution in [2.75, 3.05) is 0 Å². The Morgan fingerprint density at radius 3 is 2.69 bits per heavy atom. The molecule has 2 unspecified atom stereocenters. The first-order chi connectivity index (χ1) is 6.02. The van der Waals surface area contributed by atoms with Gasteiger partial charge in [0.15, 0.2) is 0 Å². The fraction of sp³-hybridized carbons (Fsp3) is 0.600. The Kier molecular flexibility index (Phi) is 2.29. The number of hydrogen-bond acceptors (Lipinski definition) is 2. The van der Waals surface area contributed by atoms with Gasteiger partial charge in [-0.15, -0.1) is 11.3 Å². The van der Waals surface area contributed by atoms with E-state index in [1.54, 1.807) is 11.3 Å². The lowest BCUT2D eigenvalue weighted by Gasteiger charge is -2.12. The monoisotopic (exact) mass is 259 g/mol. The Bertz CT molecular complexity index is 318. The molecule has 0 radical (unpaired) electrons. The first kappa shape index (κ1) is 9.69. The van der Waals surface area contributed by atoms with Crippen molar-refractivity contribution in [1.82, 2.24) is 0 Å². The fourth-order valence-electron chi connectivity index (χ4n) is 1.85. The van der Waals surface area contributed by atoms with Gasteiger partial charge in [-0.2, -0.15) is 0 Å². The number of thiophene rings is 1. The number of halogens is 1. The van der Waals surface area contributed by atoms with Gasteiger partial charge < -0.3 is 5.73 Å². The standard InChI is InChI=1S/C10H14BrNS/c1-10(2)5-6(10)8(12)9-7(11)3-4-13-9/h3-4,6,8H,5,12H2,1-2H3. The van der Waals surface area contributed by atoms with Crippen molar-refractivity contribution in [3.63, 3.8) is 0 Å². The lowest BCUT2D eigenvalue weighted by Crippen LogP contribution is -2.14. The molecule has 0 saturated heterocycles. The highest BCUT2D eigenvalue weighted by atomic mass is 79.9. The summed E-state index contributed by atoms with van der Waals surface area (Å²) in [5, 5.41) is 2.09. The molecule has 1 saturated carbocycles. The molecule has 72 valence electrons. The van der Waals surface area contributed by atoms with Gasteiger partial charge in [-0.05, 0) is 45.1 Å². The van der Waals surface area contributed by atoms with E-state index in [0.717, 1.165) is 0 Å². The van der Waals surface area contributed by atoms with Crippen LogP contribution in [0.2, 0.25) is 0 Å². The molecule has 2 rings (SSSR count). The molecule has 1 heterocycles. The Balaban J connectivity index is 2.15. The summed E-state index contributed by atoms with van der Waals surface area (Å²) in [6.45, 7) is 4.58. The predicted octanol–water partition coefficient (Wildman–Crippen LogP) is 3.56. The molecule has 1 nitrogen and oxygen atoms in total. The smallest absolute Gasteiger partial charge is 0.0435 e. The molecule has 2 N–H and O–H groups in total. The van der Waals surface area contributed by atoms with Gasteiger partial charge in [-0.1, -0.05) is 13.8 Å². The van der Waals surface area contributed by atoms with Crippen molar-refractivity contribution in [3.05, 3.63) is 20.8 Å². The van der Waals surface area contributed by atoms with Gasteiger partial charge >= 0.3 is 0 Å². The Labute approximate surface area is 91.5 Å². The minimum atomic E-state index is 0.226. The summed E-state index contributed by atoms with van der Waals surface area (Å²) in [7, 11) is 0. The minimum absolute atomic E-state index is 0.226. The van der Waals surface area contributed by atoms with Gasteiger partial charge in [0.25, 0.3) is 0 Å². The summed E-state index contributed by atoms with van der Waals surface area (Å²) in [6, 6.07) is 2.30. The van der Waals surface area contributed by atoms with E-state index >= 15 is 0 Å². The zero-order valence-electron chi connectivity index (χ0n) is 7.88. The highest BCUT2D eigenvalue weighted by Crippen LogP contribution is 2.58. The molecule has 1 aliphatic rings. The number of rotatable bonds is 2. The van der Waals surface area contributed by atoms with E-state index in [1.165, 1.54) is 15.8 Å². The molecule has 0 aliphatic heterocycles. The third kappa shape index (κ3) is 1.69. The van der Waals surface area contributed by atoms with E-state index in [1.807, 2.05) is 0 Å². The highest BCUT2D eigenvalue weighted by Gasteiger charge is 2.49. The molecule has 3 heteroatoms. The van der Waals surface area contributed by atoms with Crippen LogP contribution in [0.5, 0.6) is 0 Å². The van der Waals surface area contributed by atoms with Gasteiger partial charge in [0.2, 0.25) is 0 Å². The van der Waals surface area contributed by atoms with Crippen molar-refractivity contribution < 1.29 is 0 Å². The topological polar surface area (TPSA) is 26.0 Å². The van der Waals surface area contributed by atoms with Crippen molar-refractivity contribution in [3.8, 4) is 0 Å². The average Bonchev–Trinajstić information content (AvgIpc) is 2.49. The van der Waals surface area contributed by atoms with Gasteiger partial charge in [-0.25, -0.2) is 0 Å². The van der Waals surface area contributed by atoms with Crippen molar-refractivity contribution in [1.29, 1.82) is 0 Å². The van der Waals surface area contributed by atoms with Crippen LogP contribution in [0.1, 0.15) is 31.2 Å². The molecule has 1 aromatic heterocycles. The van der Waals surface area contributed by atoms with E-state index in [0.29, 0.717) is 11.3 Å². The molecule has 2 atom stereocenters. The van der Waals surface area contributed by atoms with E-state index in [-0.39, 0.29) is 6.04 Å². The summed E-state index contributed by atoms with van der Waals surface area (Å²) >= 11 is 5.29. The second-order valence-electron chi connectivity index (χ2n) is 4.46. The summed E-state index contributed by atoms with van der Waals surface area (Å²) in [5.41, 5.74) is 6.66. The number of hydrogen-bond donors (Lipinski definition) is 1. The van der Waals surface area contributed by atoms with Crippen molar-refractivity contribution in [2.45, 2.75) is 26.3 Å². The van der Waals surface area contributed by atoms with Crippen molar-refractivity contribution >= 4 is 27.3 Å². The second-order valence-corrected chi connectivity index (χ2v) is 6.26. The first-order valence-electron chi connectivity index (χ1n) is 4.51. The first-order valence-corrected chi connectivity index (χ1v) is 6.18. The highest BCUT2D eigenvalue weighted by molar-refractivity contribution is 9.10. The minimum Gasteiger partial charge on any atom is -0.323 e. The van der Waals surface area contributed by atoms with Gasteiger partial charge in [-0.3, -0.25) is 0 Å². The van der Waals surface area contributed by atoms with Gasteiger partial charge in [0, 0.05) is 15.4 Å². The molecule has 13 heavy (non-hydrogen) atoms. The maximum absolute atomic E-state index is 6.20. The van der Waals surface area contributed by atoms with Crippen LogP contribution in [-0.4, -0.2) is 0 Å². The summed E-state index contributed by atoms with van der Waals surface area (Å²) < 4.78 is 1.17. The third-order valence-electron chi connectivity index (χ3n) is 2.97. The molecule has 1 fully saturated rings. The van der Waals surface area contributed by atoms with Crippen LogP contribution in [-0.2, 0) is 0 Å². The Hall–Kier alpha value is 0.140. The number of nitrogens with two attached hydrogens (primary N) is 1. The third-order valence-corrected chi connectivity index (χ3v) is 4.94. The SMILES string of the molecule is CC1(C)CC1C(N)c1sccc1Br. The van der Waals surface area contributed by atoms with Crippen LogP contribution < -0.4 is 5.73 Å². The molecule has 1 aromatic rings. The molecular weight excluding hydrogens is 246 g/mol. The van der Waals surface area contributed by atoms with E-state index in [9.17, 15) is 0 Å². The normalized spacial score (nSPS) is 27.2. The van der Waals surface area contributed by atoms with Crippen LogP contribution in [0.4, 0.5) is 0 Å². The lowest BCUT2D eigenvalue weighted by molar-refractivity contribution is 0.495. The molecule has 1 aliphatic carbocycles. The van der Waals surface area contributed by atoms with E-state index in [4.69, 9.17) is 5.73 Å². The Morgan fingerprint density at radius 2 is 2.31 bits per heavy atom. The average molecular weight is 260 g/mol. The van der Waals surface area contributed by atoms with Crippen LogP contribution in [0.3, 0.4) is 0 Å². The predicted molar refractivity (Wildman–Crippen MR) is 60.8 cm³/mol. The second kappa shape index (κ2) is 3.07. The maximum Gasteiger partial charge on any atom is 0.0435 e. The van der Waals surface area contributed by atoms with E-state index in [2.05, 4.69) is 41.2 Å². The summed E-state index contributed by atoms with van der Waals surface area (Å²) in [4.78, 5) is 1.30. The molecular formula is C10H14BrNS. The molecule has 0 bridgehead atoms. The quantitative estimate of drug-likeness (QED) is 0.864. The largest absolute Gasteiger partial charge is 0.323 e. The molecule has 0 amide bonds. The molecule has 0 spiro atoms. The Morgan fingerprint density at radius 1 is 1.69 bits per heavy atom. The molecule has 0 aromatic carbocycles. The van der Waals surface area contributed by atoms with Crippen LogP contribution in [0, 0.1) is 11.3 Å². The summed E-state index contributed by atoms with van der Waals surface area (Å²) in [5.74, 6) is 0.669. The zero-order valence-corrected chi connectivity index (χ0v) is 10.3. The lowest BCUT2D eigenvalue weighted by atomic mass is 10.0. The summed E-state index contributed by atoms with van der Waals surface area (Å²) in [6.07, 6.45) is 1.26. The van der Waals surface area contributed by atoms with Gasteiger partial charge in [0.1, 0.15) is 0 Å². The van der Waals surface area contributed by atoms with Crippen molar-refractivity contribution in [2.24, 2.45) is 17.1 Å². The van der Waals surface area contributed by atoms with Crippen LogP contribution in [0.15, 0.2) is 15.9 Å².